The van der Waals surface area contributed by atoms with Crippen molar-refractivity contribution in [3.05, 3.63) is 71.7 Å². The molecular formula is C29H27F2N5O3. The van der Waals surface area contributed by atoms with Crippen LogP contribution in [0, 0.1) is 17.7 Å². The lowest BCUT2D eigenvalue weighted by Gasteiger charge is -2.29. The van der Waals surface area contributed by atoms with Gasteiger partial charge in [-0.1, -0.05) is 24.5 Å². The molecule has 39 heavy (non-hydrogen) atoms. The van der Waals surface area contributed by atoms with E-state index in [9.17, 15) is 18.4 Å². The lowest BCUT2D eigenvalue weighted by molar-refractivity contribution is -0.130. The molecule has 2 amide bonds. The zero-order valence-corrected chi connectivity index (χ0v) is 21.6. The van der Waals surface area contributed by atoms with E-state index < -0.39 is 23.1 Å². The van der Waals surface area contributed by atoms with E-state index in [-0.39, 0.29) is 11.7 Å². The Morgan fingerprint density at radius 1 is 1.33 bits per heavy atom. The number of para-hydroxylation sites is 1. The number of carbonyl (C=O) groups is 2. The Kier molecular flexibility index (Phi) is 6.83. The monoisotopic (exact) mass is 531 g/mol. The summed E-state index contributed by atoms with van der Waals surface area (Å²) in [5, 5.41) is 6.06. The molecule has 2 aliphatic heterocycles. The normalized spacial score (nSPS) is 18.1. The number of pyridine rings is 1. The quantitative estimate of drug-likeness (QED) is 0.333. The van der Waals surface area contributed by atoms with Crippen LogP contribution in [-0.4, -0.2) is 52.4 Å². The zero-order valence-electron chi connectivity index (χ0n) is 21.6. The number of hydrogen-bond acceptors (Lipinski definition) is 5. The summed E-state index contributed by atoms with van der Waals surface area (Å²) in [7, 11) is 1.37. The van der Waals surface area contributed by atoms with Crippen molar-refractivity contribution in [1.82, 2.24) is 20.2 Å². The molecular weight excluding hydrogens is 504 g/mol. The Balaban J connectivity index is 1.62. The van der Waals surface area contributed by atoms with Gasteiger partial charge in [0, 0.05) is 43.2 Å². The summed E-state index contributed by atoms with van der Waals surface area (Å²) in [6.45, 7) is 5.80. The molecule has 0 aliphatic carbocycles. The van der Waals surface area contributed by atoms with Gasteiger partial charge in [-0.3, -0.25) is 14.6 Å². The van der Waals surface area contributed by atoms with Crippen molar-refractivity contribution in [3.63, 3.8) is 0 Å². The van der Waals surface area contributed by atoms with Gasteiger partial charge < -0.3 is 25.3 Å². The number of likely N-dealkylation sites (tertiary alicyclic amines) is 1. The van der Waals surface area contributed by atoms with E-state index in [2.05, 4.69) is 39.0 Å². The Bertz CT molecular complexity index is 1550. The summed E-state index contributed by atoms with van der Waals surface area (Å²) in [5.74, 6) is 3.71. The van der Waals surface area contributed by atoms with Crippen LogP contribution in [0.1, 0.15) is 41.4 Å². The Labute approximate surface area is 224 Å². The number of hydrogen-bond donors (Lipinski definition) is 3. The van der Waals surface area contributed by atoms with Gasteiger partial charge in [0.2, 0.25) is 0 Å². The first-order valence-electron chi connectivity index (χ1n) is 12.5. The zero-order chi connectivity index (χ0) is 27.7. The predicted molar refractivity (Wildman–Crippen MR) is 143 cm³/mol. The van der Waals surface area contributed by atoms with Gasteiger partial charge in [-0.2, -0.15) is 0 Å². The van der Waals surface area contributed by atoms with Crippen LogP contribution < -0.4 is 15.4 Å². The maximum Gasteiger partial charge on any atom is 0.283 e. The number of rotatable bonds is 5. The van der Waals surface area contributed by atoms with Crippen LogP contribution in [0.15, 0.2) is 49.1 Å². The predicted octanol–water partition coefficient (Wildman–Crippen LogP) is 4.47. The molecule has 0 radical (unpaired) electrons. The van der Waals surface area contributed by atoms with Crippen molar-refractivity contribution >= 4 is 23.2 Å². The summed E-state index contributed by atoms with van der Waals surface area (Å²) >= 11 is 0. The summed E-state index contributed by atoms with van der Waals surface area (Å²) in [4.78, 5) is 34.3. The molecule has 4 heterocycles. The summed E-state index contributed by atoms with van der Waals surface area (Å²) in [5.41, 5.74) is 2.79. The fourth-order valence-electron chi connectivity index (χ4n) is 5.13. The van der Waals surface area contributed by atoms with Gasteiger partial charge in [0.05, 0.1) is 35.3 Å². The lowest BCUT2D eigenvalue weighted by Crippen LogP contribution is -2.44. The fraction of sp³-hybridized carbons (Fsp3) is 0.276. The number of ether oxygens (including phenoxy) is 1. The largest absolute Gasteiger partial charge is 0.492 e. The second kappa shape index (κ2) is 10.3. The Morgan fingerprint density at radius 3 is 2.92 bits per heavy atom. The third-order valence-electron chi connectivity index (χ3n) is 7.07. The number of benzene rings is 1. The van der Waals surface area contributed by atoms with Gasteiger partial charge >= 0.3 is 0 Å². The van der Waals surface area contributed by atoms with E-state index in [1.165, 1.54) is 18.1 Å². The van der Waals surface area contributed by atoms with Crippen molar-refractivity contribution in [2.45, 2.75) is 31.7 Å². The lowest BCUT2D eigenvalue weighted by atomic mass is 9.97. The van der Waals surface area contributed by atoms with Crippen LogP contribution in [0.5, 0.6) is 5.75 Å². The number of H-pyrrole nitrogens is 1. The summed E-state index contributed by atoms with van der Waals surface area (Å²) < 4.78 is 33.4. The van der Waals surface area contributed by atoms with Gasteiger partial charge in [0.15, 0.2) is 17.4 Å². The van der Waals surface area contributed by atoms with Crippen molar-refractivity contribution < 1.29 is 23.1 Å². The molecule has 3 aromatic rings. The van der Waals surface area contributed by atoms with Crippen LogP contribution in [-0.2, 0) is 11.2 Å². The maximum atomic E-state index is 14.5. The molecule has 1 atom stereocenters. The highest BCUT2D eigenvalue weighted by atomic mass is 19.1. The third kappa shape index (κ3) is 4.72. The molecule has 0 bridgehead atoms. The first-order chi connectivity index (χ1) is 18.7. The van der Waals surface area contributed by atoms with E-state index in [1.54, 1.807) is 37.5 Å². The first kappa shape index (κ1) is 26.0. The van der Waals surface area contributed by atoms with Crippen molar-refractivity contribution in [2.24, 2.45) is 0 Å². The van der Waals surface area contributed by atoms with Gasteiger partial charge in [0.1, 0.15) is 5.54 Å². The highest BCUT2D eigenvalue weighted by molar-refractivity contribution is 6.06. The standard InChI is InChI=1S/C29H27F2N5O3/c1-17(30)28(38)36-15-5-11-29(36,2)12-8-18-16-32-13-9-19(18)24-25(23-21(34-24)10-14-33-27(23)37)35-22-7-4-6-20(31)26(22)39-3/h4,6-7,9,13,16,34-35H,1,5,10-11,14-15H2,2-3H3,(H,33,37)/t29-/m1/s1. The molecule has 2 aromatic heterocycles. The third-order valence-corrected chi connectivity index (χ3v) is 7.07. The van der Waals surface area contributed by atoms with Crippen LogP contribution in [0.3, 0.4) is 0 Å². The number of aromatic amines is 1. The number of nitrogens with one attached hydrogen (secondary N) is 3. The average molecular weight is 532 g/mol. The van der Waals surface area contributed by atoms with E-state index in [4.69, 9.17) is 4.74 Å². The van der Waals surface area contributed by atoms with Gasteiger partial charge in [-0.05, 0) is 38.0 Å². The van der Waals surface area contributed by atoms with Crippen molar-refractivity contribution in [2.75, 3.05) is 25.5 Å². The maximum absolute atomic E-state index is 14.5. The topological polar surface area (TPSA) is 99.3 Å². The van der Waals surface area contributed by atoms with Crippen molar-refractivity contribution in [3.8, 4) is 28.8 Å². The molecule has 1 saturated heterocycles. The molecule has 2 aliphatic rings. The Hall–Kier alpha value is -4.65. The molecule has 0 saturated carbocycles. The second-order valence-electron chi connectivity index (χ2n) is 9.59. The van der Waals surface area contributed by atoms with E-state index in [0.717, 1.165) is 5.69 Å². The SMILES string of the molecule is C=C(F)C(=O)N1CCC[C@]1(C)C#Cc1cnccc1-c1[nH]c2c(c1Nc1cccc(F)c1OC)C(=O)NCC2. The number of anilines is 2. The molecule has 10 heteroatoms. The van der Waals surface area contributed by atoms with E-state index in [0.29, 0.717) is 66.1 Å². The molecule has 5 rings (SSSR count). The molecule has 8 nitrogen and oxygen atoms in total. The minimum Gasteiger partial charge on any atom is -0.492 e. The van der Waals surface area contributed by atoms with Gasteiger partial charge in [-0.15, -0.1) is 0 Å². The number of aromatic nitrogens is 2. The number of nitrogens with zero attached hydrogens (tertiary/aromatic N) is 2. The van der Waals surface area contributed by atoms with E-state index in [1.807, 2.05) is 0 Å². The number of fused-ring (bicyclic) bond motifs is 1. The van der Waals surface area contributed by atoms with E-state index >= 15 is 0 Å². The average Bonchev–Trinajstić information content (AvgIpc) is 3.49. The number of carbonyl (C=O) groups excluding carboxylic acids is 2. The number of amides is 2. The molecule has 200 valence electrons. The summed E-state index contributed by atoms with van der Waals surface area (Å²) in [6, 6.07) is 6.25. The van der Waals surface area contributed by atoms with Gasteiger partial charge in [0.25, 0.3) is 11.8 Å². The molecule has 1 aromatic carbocycles. The van der Waals surface area contributed by atoms with Crippen molar-refractivity contribution in [1.29, 1.82) is 0 Å². The minimum atomic E-state index is -1.02. The molecule has 3 N–H and O–H groups in total. The van der Waals surface area contributed by atoms with Crippen LogP contribution in [0.25, 0.3) is 11.3 Å². The fourth-order valence-corrected chi connectivity index (χ4v) is 5.13. The highest BCUT2D eigenvalue weighted by Crippen LogP contribution is 2.40. The first-order valence-corrected chi connectivity index (χ1v) is 12.5. The molecule has 0 unspecified atom stereocenters. The smallest absolute Gasteiger partial charge is 0.283 e. The summed E-state index contributed by atoms with van der Waals surface area (Å²) in [6.07, 6.45) is 5.04. The highest BCUT2D eigenvalue weighted by Gasteiger charge is 2.39. The number of methoxy groups -OCH3 is 1. The van der Waals surface area contributed by atoms with Gasteiger partial charge in [-0.25, -0.2) is 8.78 Å². The second-order valence-corrected chi connectivity index (χ2v) is 9.59. The Morgan fingerprint density at radius 2 is 2.15 bits per heavy atom. The number of halogens is 2. The molecule has 0 spiro atoms. The van der Waals surface area contributed by atoms with Crippen LogP contribution >= 0.6 is 0 Å². The van der Waals surface area contributed by atoms with Crippen LogP contribution in [0.2, 0.25) is 0 Å². The minimum absolute atomic E-state index is 0.0118. The molecule has 1 fully saturated rings. The van der Waals surface area contributed by atoms with Crippen LogP contribution in [0.4, 0.5) is 20.2 Å².